The average Bonchev–Trinajstić information content (AvgIpc) is 2.49. The Morgan fingerprint density at radius 1 is 1.10 bits per heavy atom. The van der Waals surface area contributed by atoms with Gasteiger partial charge in [-0.2, -0.15) is 0 Å². The molecule has 1 aliphatic rings. The highest BCUT2D eigenvalue weighted by Gasteiger charge is 2.19. The van der Waals surface area contributed by atoms with Crippen LogP contribution in [0.4, 0.5) is 0 Å². The molecular formula is C17H19NO2. The highest BCUT2D eigenvalue weighted by atomic mass is 16.5. The average molecular weight is 269 g/mol. The largest absolute Gasteiger partial charge is 0.497 e. The summed E-state index contributed by atoms with van der Waals surface area (Å²) in [6.45, 7) is 1.71. The van der Waals surface area contributed by atoms with Crippen molar-refractivity contribution in [2.24, 2.45) is 0 Å². The predicted octanol–water partition coefficient (Wildman–Crippen LogP) is 3.16. The number of hydrogen-bond acceptors (Lipinski definition) is 3. The van der Waals surface area contributed by atoms with Gasteiger partial charge in [-0.15, -0.1) is 0 Å². The summed E-state index contributed by atoms with van der Waals surface area (Å²) >= 11 is 0. The fraction of sp³-hybridized carbons (Fsp3) is 0.294. The molecule has 1 aliphatic heterocycles. The van der Waals surface area contributed by atoms with Gasteiger partial charge >= 0.3 is 0 Å². The van der Waals surface area contributed by atoms with Crippen LogP contribution in [-0.2, 0) is 0 Å². The zero-order valence-electron chi connectivity index (χ0n) is 11.6. The van der Waals surface area contributed by atoms with E-state index in [0.717, 1.165) is 31.1 Å². The van der Waals surface area contributed by atoms with E-state index in [0.29, 0.717) is 0 Å². The third kappa shape index (κ3) is 2.63. The molecule has 0 radical (unpaired) electrons. The minimum atomic E-state index is 0.164. The molecule has 0 bridgehead atoms. The van der Waals surface area contributed by atoms with E-state index >= 15 is 0 Å². The molecule has 0 aromatic heterocycles. The SMILES string of the molecule is COc1ccc(C2NCCCOc3ccccc32)cc1. The maximum Gasteiger partial charge on any atom is 0.124 e. The highest BCUT2D eigenvalue weighted by molar-refractivity contribution is 5.43. The number of hydrogen-bond donors (Lipinski definition) is 1. The van der Waals surface area contributed by atoms with Crippen molar-refractivity contribution in [1.29, 1.82) is 0 Å². The molecule has 0 spiro atoms. The van der Waals surface area contributed by atoms with Gasteiger partial charge in [-0.3, -0.25) is 0 Å². The van der Waals surface area contributed by atoms with Crippen molar-refractivity contribution in [1.82, 2.24) is 5.32 Å². The number of nitrogens with one attached hydrogen (secondary N) is 1. The number of methoxy groups -OCH3 is 1. The first-order valence-corrected chi connectivity index (χ1v) is 6.97. The normalized spacial score (nSPS) is 18.4. The second-order valence-corrected chi connectivity index (χ2v) is 4.90. The van der Waals surface area contributed by atoms with Crippen molar-refractivity contribution in [3.8, 4) is 11.5 Å². The molecule has 104 valence electrons. The van der Waals surface area contributed by atoms with Crippen molar-refractivity contribution >= 4 is 0 Å². The van der Waals surface area contributed by atoms with Gasteiger partial charge in [0.05, 0.1) is 19.8 Å². The van der Waals surface area contributed by atoms with E-state index in [4.69, 9.17) is 9.47 Å². The molecule has 0 saturated heterocycles. The fourth-order valence-corrected chi connectivity index (χ4v) is 2.55. The van der Waals surface area contributed by atoms with Gasteiger partial charge in [0.15, 0.2) is 0 Å². The summed E-state index contributed by atoms with van der Waals surface area (Å²) in [5.41, 5.74) is 2.42. The Bertz CT molecular complexity index is 565. The van der Waals surface area contributed by atoms with E-state index in [1.54, 1.807) is 7.11 Å². The van der Waals surface area contributed by atoms with E-state index in [1.165, 1.54) is 11.1 Å². The smallest absolute Gasteiger partial charge is 0.124 e. The number of fused-ring (bicyclic) bond motifs is 1. The lowest BCUT2D eigenvalue weighted by Crippen LogP contribution is -2.27. The molecule has 1 unspecified atom stereocenters. The quantitative estimate of drug-likeness (QED) is 0.908. The van der Waals surface area contributed by atoms with Crippen LogP contribution in [-0.4, -0.2) is 20.3 Å². The van der Waals surface area contributed by atoms with Gasteiger partial charge in [0, 0.05) is 5.56 Å². The molecular weight excluding hydrogens is 250 g/mol. The summed E-state index contributed by atoms with van der Waals surface area (Å²) in [6.07, 6.45) is 1.01. The zero-order chi connectivity index (χ0) is 13.8. The van der Waals surface area contributed by atoms with Crippen LogP contribution in [0.5, 0.6) is 11.5 Å². The zero-order valence-corrected chi connectivity index (χ0v) is 11.6. The maximum absolute atomic E-state index is 5.86. The summed E-state index contributed by atoms with van der Waals surface area (Å²) in [6, 6.07) is 16.6. The minimum Gasteiger partial charge on any atom is -0.497 e. The third-order valence-corrected chi connectivity index (χ3v) is 3.61. The van der Waals surface area contributed by atoms with Gasteiger partial charge in [-0.05, 0) is 36.7 Å². The Morgan fingerprint density at radius 2 is 1.90 bits per heavy atom. The van der Waals surface area contributed by atoms with Gasteiger partial charge < -0.3 is 14.8 Å². The van der Waals surface area contributed by atoms with Gasteiger partial charge in [-0.25, -0.2) is 0 Å². The van der Waals surface area contributed by atoms with Crippen molar-refractivity contribution in [2.45, 2.75) is 12.5 Å². The van der Waals surface area contributed by atoms with E-state index < -0.39 is 0 Å². The summed E-state index contributed by atoms with van der Waals surface area (Å²) in [4.78, 5) is 0. The number of para-hydroxylation sites is 1. The van der Waals surface area contributed by atoms with Crippen molar-refractivity contribution < 1.29 is 9.47 Å². The molecule has 0 fully saturated rings. The van der Waals surface area contributed by atoms with Crippen LogP contribution in [0, 0.1) is 0 Å². The summed E-state index contributed by atoms with van der Waals surface area (Å²) in [5, 5.41) is 3.61. The van der Waals surface area contributed by atoms with Gasteiger partial charge in [0.2, 0.25) is 0 Å². The van der Waals surface area contributed by atoms with Gasteiger partial charge in [-0.1, -0.05) is 30.3 Å². The van der Waals surface area contributed by atoms with E-state index in [-0.39, 0.29) is 6.04 Å². The number of rotatable bonds is 2. The van der Waals surface area contributed by atoms with Crippen LogP contribution in [0.2, 0.25) is 0 Å². The molecule has 1 atom stereocenters. The number of benzene rings is 2. The van der Waals surface area contributed by atoms with Crippen LogP contribution in [0.3, 0.4) is 0 Å². The number of ether oxygens (including phenoxy) is 2. The topological polar surface area (TPSA) is 30.5 Å². The Balaban J connectivity index is 1.98. The monoisotopic (exact) mass is 269 g/mol. The second-order valence-electron chi connectivity index (χ2n) is 4.90. The first-order chi connectivity index (χ1) is 9.88. The molecule has 3 nitrogen and oxygen atoms in total. The summed E-state index contributed by atoms with van der Waals surface area (Å²) < 4.78 is 11.1. The van der Waals surface area contributed by atoms with Crippen molar-refractivity contribution in [2.75, 3.05) is 20.3 Å². The minimum absolute atomic E-state index is 0.164. The lowest BCUT2D eigenvalue weighted by Gasteiger charge is -2.25. The van der Waals surface area contributed by atoms with Crippen LogP contribution >= 0.6 is 0 Å². The molecule has 0 saturated carbocycles. The molecule has 2 aromatic carbocycles. The maximum atomic E-state index is 5.86. The predicted molar refractivity (Wildman–Crippen MR) is 79.4 cm³/mol. The van der Waals surface area contributed by atoms with Crippen molar-refractivity contribution in [3.63, 3.8) is 0 Å². The molecule has 1 heterocycles. The van der Waals surface area contributed by atoms with E-state index in [2.05, 4.69) is 29.6 Å². The molecule has 0 amide bonds. The van der Waals surface area contributed by atoms with Crippen LogP contribution in [0.1, 0.15) is 23.6 Å². The van der Waals surface area contributed by atoms with Gasteiger partial charge in [0.25, 0.3) is 0 Å². The molecule has 20 heavy (non-hydrogen) atoms. The standard InChI is InChI=1S/C17H19NO2/c1-19-14-9-7-13(8-10-14)17-15-5-2-3-6-16(15)20-12-4-11-18-17/h2-3,5-10,17-18H,4,11-12H2,1H3. The molecule has 1 N–H and O–H groups in total. The lowest BCUT2D eigenvalue weighted by atomic mass is 9.97. The van der Waals surface area contributed by atoms with E-state index in [1.807, 2.05) is 24.3 Å². The Labute approximate surface area is 119 Å². The van der Waals surface area contributed by atoms with Crippen LogP contribution < -0.4 is 14.8 Å². The third-order valence-electron chi connectivity index (χ3n) is 3.61. The molecule has 3 heteroatoms. The highest BCUT2D eigenvalue weighted by Crippen LogP contribution is 2.31. The molecule has 0 aliphatic carbocycles. The lowest BCUT2D eigenvalue weighted by molar-refractivity contribution is 0.290. The molecule has 2 aromatic rings. The van der Waals surface area contributed by atoms with Crippen molar-refractivity contribution in [3.05, 3.63) is 59.7 Å². The first kappa shape index (κ1) is 13.0. The summed E-state index contributed by atoms with van der Waals surface area (Å²) in [7, 11) is 1.69. The van der Waals surface area contributed by atoms with E-state index in [9.17, 15) is 0 Å². The summed E-state index contributed by atoms with van der Waals surface area (Å²) in [5.74, 6) is 1.85. The first-order valence-electron chi connectivity index (χ1n) is 6.97. The van der Waals surface area contributed by atoms with Gasteiger partial charge in [0.1, 0.15) is 11.5 Å². The van der Waals surface area contributed by atoms with Crippen LogP contribution in [0.15, 0.2) is 48.5 Å². The molecule has 3 rings (SSSR count). The van der Waals surface area contributed by atoms with Crippen LogP contribution in [0.25, 0.3) is 0 Å². The fourth-order valence-electron chi connectivity index (χ4n) is 2.55. The second kappa shape index (κ2) is 5.97. The Morgan fingerprint density at radius 3 is 2.70 bits per heavy atom. The Kier molecular flexibility index (Phi) is 3.88. The Hall–Kier alpha value is -2.00.